The molecule has 0 radical (unpaired) electrons. The van der Waals surface area contributed by atoms with Gasteiger partial charge in [0, 0.05) is 22.7 Å². The predicted octanol–water partition coefficient (Wildman–Crippen LogP) is 1.94. The molecule has 0 aliphatic heterocycles. The quantitative estimate of drug-likeness (QED) is 0.632. The number of halogens is 2. The first kappa shape index (κ1) is 21.5. The van der Waals surface area contributed by atoms with Crippen LogP contribution in [-0.2, 0) is 13.2 Å². The number of hydrogen-bond acceptors (Lipinski definition) is 3. The van der Waals surface area contributed by atoms with Crippen LogP contribution in [0.2, 0.25) is 5.02 Å². The van der Waals surface area contributed by atoms with Gasteiger partial charge in [-0.3, -0.25) is 0 Å². The van der Waals surface area contributed by atoms with E-state index in [1.807, 2.05) is 56.3 Å². The van der Waals surface area contributed by atoms with E-state index < -0.39 is 0 Å². The molecule has 0 aromatic heterocycles. The maximum Gasteiger partial charge on any atom is 0.124 e. The summed E-state index contributed by atoms with van der Waals surface area (Å²) in [5.74, 6) is 0.847. The van der Waals surface area contributed by atoms with Gasteiger partial charge in [0.15, 0.2) is 0 Å². The van der Waals surface area contributed by atoms with Crippen molar-refractivity contribution < 1.29 is 22.3 Å². The number of nitrogens with one attached hydrogen (secondary N) is 1. The highest BCUT2D eigenvalue weighted by Crippen LogP contribution is 2.29. The van der Waals surface area contributed by atoms with Crippen LogP contribution in [0, 0.1) is 0 Å². The zero-order valence-corrected chi connectivity index (χ0v) is 17.0. The van der Waals surface area contributed by atoms with Crippen molar-refractivity contribution in [3.63, 3.8) is 0 Å². The zero-order chi connectivity index (χ0) is 18.6. The molecule has 0 bridgehead atoms. The van der Waals surface area contributed by atoms with E-state index in [-0.39, 0.29) is 24.6 Å². The third-order valence-electron chi connectivity index (χ3n) is 4.44. The standard InChI is InChI=1S/C22H24ClNO2.ClH/c1-22(2,15-25)24-13-20-19-6-4-3-5-17(19)9-12-21(20)26-14-16-7-10-18(23)11-8-16;/h3-12,24-25H,13-15H2,1-2H3;1H/p-1. The van der Waals surface area contributed by atoms with E-state index in [4.69, 9.17) is 16.3 Å². The van der Waals surface area contributed by atoms with Gasteiger partial charge in [0.2, 0.25) is 0 Å². The summed E-state index contributed by atoms with van der Waals surface area (Å²) in [7, 11) is 0. The Kier molecular flexibility index (Phi) is 7.51. The molecule has 3 nitrogen and oxygen atoms in total. The molecule has 0 spiro atoms. The van der Waals surface area contributed by atoms with Crippen molar-refractivity contribution in [2.45, 2.75) is 32.5 Å². The Bertz CT molecular complexity index is 879. The van der Waals surface area contributed by atoms with Crippen LogP contribution in [0.4, 0.5) is 0 Å². The summed E-state index contributed by atoms with van der Waals surface area (Å²) < 4.78 is 6.12. The minimum Gasteiger partial charge on any atom is -1.00 e. The van der Waals surface area contributed by atoms with E-state index >= 15 is 0 Å². The molecule has 0 aliphatic carbocycles. The molecule has 0 heterocycles. The molecule has 0 aliphatic rings. The summed E-state index contributed by atoms with van der Waals surface area (Å²) in [6, 6.07) is 20.0. The largest absolute Gasteiger partial charge is 1.00 e. The highest BCUT2D eigenvalue weighted by Gasteiger charge is 2.17. The van der Waals surface area contributed by atoms with E-state index in [1.54, 1.807) is 0 Å². The lowest BCUT2D eigenvalue weighted by Gasteiger charge is -2.25. The second kappa shape index (κ2) is 9.43. The lowest BCUT2D eigenvalue weighted by Crippen LogP contribution is -3.00. The van der Waals surface area contributed by atoms with Crippen molar-refractivity contribution in [2.24, 2.45) is 0 Å². The Labute approximate surface area is 171 Å². The van der Waals surface area contributed by atoms with Gasteiger partial charge >= 0.3 is 0 Å². The van der Waals surface area contributed by atoms with Crippen LogP contribution >= 0.6 is 11.6 Å². The predicted molar refractivity (Wildman–Crippen MR) is 108 cm³/mol. The Balaban J connectivity index is 0.00000261. The first-order valence-electron chi connectivity index (χ1n) is 8.72. The van der Waals surface area contributed by atoms with Crippen molar-refractivity contribution >= 4 is 22.4 Å². The van der Waals surface area contributed by atoms with Crippen molar-refractivity contribution in [1.29, 1.82) is 0 Å². The molecule has 0 fully saturated rings. The van der Waals surface area contributed by atoms with Crippen LogP contribution in [-0.4, -0.2) is 17.3 Å². The highest BCUT2D eigenvalue weighted by molar-refractivity contribution is 6.30. The van der Waals surface area contributed by atoms with Gasteiger partial charge in [0.1, 0.15) is 12.4 Å². The summed E-state index contributed by atoms with van der Waals surface area (Å²) in [5.41, 5.74) is 1.81. The van der Waals surface area contributed by atoms with Gasteiger partial charge in [-0.15, -0.1) is 0 Å². The average molecular weight is 405 g/mol. The minimum atomic E-state index is -0.357. The number of benzene rings is 3. The first-order chi connectivity index (χ1) is 12.5. The van der Waals surface area contributed by atoms with Gasteiger partial charge in [-0.05, 0) is 48.4 Å². The third-order valence-corrected chi connectivity index (χ3v) is 4.70. The van der Waals surface area contributed by atoms with Crippen LogP contribution in [0.3, 0.4) is 0 Å². The molecular weight excluding hydrogens is 381 g/mol. The molecule has 0 amide bonds. The number of ether oxygens (including phenoxy) is 1. The lowest BCUT2D eigenvalue weighted by atomic mass is 10.0. The zero-order valence-electron chi connectivity index (χ0n) is 15.5. The third kappa shape index (κ3) is 5.60. The van der Waals surface area contributed by atoms with Gasteiger partial charge in [-0.2, -0.15) is 0 Å². The van der Waals surface area contributed by atoms with Gasteiger partial charge in [-0.1, -0.05) is 54.1 Å². The number of hydrogen-bond donors (Lipinski definition) is 2. The molecule has 2 N–H and O–H groups in total. The maximum absolute atomic E-state index is 9.52. The Morgan fingerprint density at radius 1 is 1.00 bits per heavy atom. The highest BCUT2D eigenvalue weighted by atomic mass is 35.5. The number of rotatable bonds is 7. The second-order valence-corrected chi connectivity index (χ2v) is 7.51. The van der Waals surface area contributed by atoms with Crippen molar-refractivity contribution in [3.8, 4) is 5.75 Å². The summed E-state index contributed by atoms with van der Waals surface area (Å²) in [6.45, 7) is 5.12. The number of aliphatic hydroxyl groups excluding tert-OH is 1. The minimum absolute atomic E-state index is 0. The molecule has 0 atom stereocenters. The molecule has 3 rings (SSSR count). The first-order valence-corrected chi connectivity index (χ1v) is 9.10. The van der Waals surface area contributed by atoms with Crippen LogP contribution in [0.15, 0.2) is 60.7 Å². The van der Waals surface area contributed by atoms with Crippen molar-refractivity contribution in [2.75, 3.05) is 6.61 Å². The summed E-state index contributed by atoms with van der Waals surface area (Å²) >= 11 is 5.95. The molecular formula is C22H24Cl2NO2-. The number of aliphatic hydroxyl groups is 1. The van der Waals surface area contributed by atoms with E-state index in [1.165, 1.54) is 5.39 Å². The molecule has 27 heavy (non-hydrogen) atoms. The molecule has 0 saturated carbocycles. The van der Waals surface area contributed by atoms with E-state index in [9.17, 15) is 5.11 Å². The maximum atomic E-state index is 9.52. The van der Waals surface area contributed by atoms with Gasteiger partial charge in [0.25, 0.3) is 0 Å². The van der Waals surface area contributed by atoms with E-state index in [2.05, 4.69) is 23.5 Å². The SMILES string of the molecule is CC(C)(CO)NCc1c(OCc2ccc(Cl)cc2)ccc2ccccc12.[Cl-]. The average Bonchev–Trinajstić information content (AvgIpc) is 2.66. The summed E-state index contributed by atoms with van der Waals surface area (Å²) in [4.78, 5) is 0. The van der Waals surface area contributed by atoms with Crippen LogP contribution < -0.4 is 22.5 Å². The van der Waals surface area contributed by atoms with Crippen LogP contribution in [0.1, 0.15) is 25.0 Å². The number of fused-ring (bicyclic) bond motifs is 1. The summed E-state index contributed by atoms with van der Waals surface area (Å²) in [6.07, 6.45) is 0. The molecule has 0 unspecified atom stereocenters. The Hall–Kier alpha value is -1.78. The normalized spacial score (nSPS) is 11.3. The van der Waals surface area contributed by atoms with Gasteiger partial charge < -0.3 is 27.6 Å². The van der Waals surface area contributed by atoms with Crippen molar-refractivity contribution in [3.05, 3.63) is 76.8 Å². The Morgan fingerprint density at radius 3 is 2.41 bits per heavy atom. The molecule has 5 heteroatoms. The van der Waals surface area contributed by atoms with Gasteiger partial charge in [-0.25, -0.2) is 0 Å². The molecule has 144 valence electrons. The van der Waals surface area contributed by atoms with Crippen LogP contribution in [0.25, 0.3) is 10.8 Å². The van der Waals surface area contributed by atoms with Gasteiger partial charge in [0.05, 0.1) is 6.61 Å². The fourth-order valence-corrected chi connectivity index (χ4v) is 2.88. The lowest BCUT2D eigenvalue weighted by molar-refractivity contribution is -0.00000649. The monoisotopic (exact) mass is 404 g/mol. The molecule has 0 saturated heterocycles. The summed E-state index contributed by atoms with van der Waals surface area (Å²) in [5, 5.41) is 16.0. The fourth-order valence-electron chi connectivity index (χ4n) is 2.76. The molecule has 3 aromatic rings. The van der Waals surface area contributed by atoms with Crippen LogP contribution in [0.5, 0.6) is 5.75 Å². The second-order valence-electron chi connectivity index (χ2n) is 7.07. The van der Waals surface area contributed by atoms with E-state index in [0.717, 1.165) is 27.3 Å². The smallest absolute Gasteiger partial charge is 0.124 e. The van der Waals surface area contributed by atoms with E-state index in [0.29, 0.717) is 13.2 Å². The fraction of sp³-hybridized carbons (Fsp3) is 0.273. The molecule has 3 aromatic carbocycles. The Morgan fingerprint density at radius 2 is 1.70 bits per heavy atom. The topological polar surface area (TPSA) is 41.5 Å². The van der Waals surface area contributed by atoms with Crippen molar-refractivity contribution in [1.82, 2.24) is 5.32 Å².